The summed E-state index contributed by atoms with van der Waals surface area (Å²) in [5, 5.41) is 0. The third-order valence-electron chi connectivity index (χ3n) is 4.41. The monoisotopic (exact) mass is 353 g/mol. The number of halogens is 1. The van der Waals surface area contributed by atoms with Gasteiger partial charge >= 0.3 is 0 Å². The van der Waals surface area contributed by atoms with Crippen LogP contribution in [0.2, 0.25) is 0 Å². The molecule has 0 bridgehead atoms. The van der Waals surface area contributed by atoms with Crippen molar-refractivity contribution in [3.63, 3.8) is 0 Å². The Hall–Kier alpha value is -1.59. The molecule has 2 N–H and O–H groups in total. The van der Waals surface area contributed by atoms with Crippen molar-refractivity contribution in [3.8, 4) is 0 Å². The smallest absolute Gasteiger partial charge is 0.247 e. The van der Waals surface area contributed by atoms with Gasteiger partial charge in [-0.3, -0.25) is 9.59 Å². The fourth-order valence-corrected chi connectivity index (χ4v) is 2.94. The van der Waals surface area contributed by atoms with E-state index in [1.165, 1.54) is 0 Å². The first-order valence-electron chi connectivity index (χ1n) is 8.26. The molecule has 1 aliphatic heterocycles. The summed E-state index contributed by atoms with van der Waals surface area (Å²) < 4.78 is 0. The zero-order valence-corrected chi connectivity index (χ0v) is 15.5. The normalized spacial score (nSPS) is 17.7. The van der Waals surface area contributed by atoms with Gasteiger partial charge in [0.25, 0.3) is 0 Å². The summed E-state index contributed by atoms with van der Waals surface area (Å²) in [7, 11) is 0. The molecule has 1 saturated heterocycles. The van der Waals surface area contributed by atoms with Gasteiger partial charge < -0.3 is 15.5 Å². The summed E-state index contributed by atoms with van der Waals surface area (Å²) in [6.07, 6.45) is 0.787. The lowest BCUT2D eigenvalue weighted by Gasteiger charge is -2.31. The number of rotatable bonds is 3. The average Bonchev–Trinajstić information content (AvgIpc) is 2.80. The van der Waals surface area contributed by atoms with E-state index in [0.29, 0.717) is 26.2 Å². The molecular formula is C18H28ClN3O2. The molecule has 1 unspecified atom stereocenters. The molecule has 24 heavy (non-hydrogen) atoms. The van der Waals surface area contributed by atoms with Crippen LogP contribution in [0.1, 0.15) is 32.8 Å². The van der Waals surface area contributed by atoms with E-state index in [-0.39, 0.29) is 30.1 Å². The summed E-state index contributed by atoms with van der Waals surface area (Å²) in [5.74, 6) is 0.0572. The van der Waals surface area contributed by atoms with Crippen LogP contribution in [-0.4, -0.2) is 47.8 Å². The molecule has 0 radical (unpaired) electrons. The standard InChI is InChI=1S/C18H27N3O2.ClH/c1-14(2)16(22)20-10-7-11-21(13-12-20)17(23)18(3,19)15-8-5-4-6-9-15;/h4-6,8-9,14H,7,10-13,19H2,1-3H3;1H. The molecule has 1 heterocycles. The minimum Gasteiger partial charge on any atom is -0.341 e. The third kappa shape index (κ3) is 4.48. The highest BCUT2D eigenvalue weighted by Crippen LogP contribution is 2.21. The van der Waals surface area contributed by atoms with Crippen LogP contribution >= 0.6 is 12.4 Å². The molecule has 2 rings (SSSR count). The van der Waals surface area contributed by atoms with Gasteiger partial charge in [-0.15, -0.1) is 12.4 Å². The Labute approximate surface area is 150 Å². The van der Waals surface area contributed by atoms with Crippen LogP contribution in [0.15, 0.2) is 30.3 Å². The Morgan fingerprint density at radius 1 is 1.04 bits per heavy atom. The van der Waals surface area contributed by atoms with E-state index in [9.17, 15) is 9.59 Å². The molecule has 134 valence electrons. The zero-order chi connectivity index (χ0) is 17.0. The number of nitrogens with zero attached hydrogens (tertiary/aromatic N) is 2. The summed E-state index contributed by atoms with van der Waals surface area (Å²) in [4.78, 5) is 28.7. The molecule has 6 heteroatoms. The second-order valence-corrected chi connectivity index (χ2v) is 6.69. The Morgan fingerprint density at radius 3 is 2.17 bits per heavy atom. The third-order valence-corrected chi connectivity index (χ3v) is 4.41. The molecule has 1 aromatic carbocycles. The molecule has 1 fully saturated rings. The second kappa shape index (κ2) is 8.49. The van der Waals surface area contributed by atoms with Gasteiger partial charge in [-0.25, -0.2) is 0 Å². The molecule has 1 atom stereocenters. The van der Waals surface area contributed by atoms with E-state index in [1.54, 1.807) is 11.8 Å². The van der Waals surface area contributed by atoms with Crippen molar-refractivity contribution >= 4 is 24.2 Å². The Morgan fingerprint density at radius 2 is 1.58 bits per heavy atom. The van der Waals surface area contributed by atoms with Gasteiger partial charge in [0, 0.05) is 32.1 Å². The predicted octanol–water partition coefficient (Wildman–Crippen LogP) is 2.00. The van der Waals surface area contributed by atoms with Crippen LogP contribution in [0.3, 0.4) is 0 Å². The second-order valence-electron chi connectivity index (χ2n) is 6.69. The van der Waals surface area contributed by atoms with Crippen molar-refractivity contribution in [2.24, 2.45) is 11.7 Å². The van der Waals surface area contributed by atoms with Gasteiger partial charge in [0.15, 0.2) is 0 Å². The van der Waals surface area contributed by atoms with E-state index in [2.05, 4.69) is 0 Å². The van der Waals surface area contributed by atoms with Crippen LogP contribution in [0.4, 0.5) is 0 Å². The molecule has 0 spiro atoms. The van der Waals surface area contributed by atoms with Crippen LogP contribution < -0.4 is 5.73 Å². The van der Waals surface area contributed by atoms with E-state index in [1.807, 2.05) is 49.1 Å². The quantitative estimate of drug-likeness (QED) is 0.903. The van der Waals surface area contributed by atoms with E-state index in [4.69, 9.17) is 5.73 Å². The first-order chi connectivity index (χ1) is 10.8. The lowest BCUT2D eigenvalue weighted by atomic mass is 9.91. The average molecular weight is 354 g/mol. The molecule has 0 aliphatic carbocycles. The molecule has 0 aromatic heterocycles. The van der Waals surface area contributed by atoms with Crippen LogP contribution in [0, 0.1) is 5.92 Å². The van der Waals surface area contributed by atoms with E-state index in [0.717, 1.165) is 12.0 Å². The highest BCUT2D eigenvalue weighted by atomic mass is 35.5. The van der Waals surface area contributed by atoms with E-state index < -0.39 is 5.54 Å². The van der Waals surface area contributed by atoms with Crippen LogP contribution in [0.5, 0.6) is 0 Å². The van der Waals surface area contributed by atoms with E-state index >= 15 is 0 Å². The Bertz CT molecular complexity index is 561. The predicted molar refractivity (Wildman–Crippen MR) is 97.8 cm³/mol. The Balaban J connectivity index is 0.00000288. The number of carbonyl (C=O) groups excluding carboxylic acids is 2. The Kier molecular flexibility index (Phi) is 7.24. The number of carbonyl (C=O) groups is 2. The molecule has 1 aromatic rings. The first kappa shape index (κ1) is 20.5. The van der Waals surface area contributed by atoms with Gasteiger partial charge in [-0.1, -0.05) is 44.2 Å². The summed E-state index contributed by atoms with van der Waals surface area (Å²) in [5.41, 5.74) is 6.10. The maximum Gasteiger partial charge on any atom is 0.247 e. The van der Waals surface area contributed by atoms with Crippen molar-refractivity contribution in [3.05, 3.63) is 35.9 Å². The topological polar surface area (TPSA) is 66.6 Å². The zero-order valence-electron chi connectivity index (χ0n) is 14.7. The lowest BCUT2D eigenvalue weighted by molar-refractivity contribution is -0.138. The van der Waals surface area contributed by atoms with Crippen molar-refractivity contribution in [2.75, 3.05) is 26.2 Å². The first-order valence-corrected chi connectivity index (χ1v) is 8.26. The summed E-state index contributed by atoms with van der Waals surface area (Å²) in [6, 6.07) is 9.44. The molecular weight excluding hydrogens is 326 g/mol. The molecule has 2 amide bonds. The van der Waals surface area contributed by atoms with Gasteiger partial charge in [-0.2, -0.15) is 0 Å². The van der Waals surface area contributed by atoms with Crippen molar-refractivity contribution in [1.29, 1.82) is 0 Å². The van der Waals surface area contributed by atoms with Gasteiger partial charge in [-0.05, 0) is 18.9 Å². The van der Waals surface area contributed by atoms with Crippen molar-refractivity contribution < 1.29 is 9.59 Å². The number of hydrogen-bond acceptors (Lipinski definition) is 3. The molecule has 5 nitrogen and oxygen atoms in total. The van der Waals surface area contributed by atoms with Gasteiger partial charge in [0.05, 0.1) is 0 Å². The maximum absolute atomic E-state index is 12.9. The fraction of sp³-hybridized carbons (Fsp3) is 0.556. The van der Waals surface area contributed by atoms with Gasteiger partial charge in [0.2, 0.25) is 11.8 Å². The molecule has 1 aliphatic rings. The summed E-state index contributed by atoms with van der Waals surface area (Å²) in [6.45, 7) is 8.02. The number of amides is 2. The number of benzene rings is 1. The highest BCUT2D eigenvalue weighted by molar-refractivity contribution is 5.87. The van der Waals surface area contributed by atoms with Crippen LogP contribution in [-0.2, 0) is 15.1 Å². The maximum atomic E-state index is 12.9. The minimum atomic E-state index is -1.04. The highest BCUT2D eigenvalue weighted by Gasteiger charge is 2.35. The SMILES string of the molecule is CC(C)C(=O)N1CCCN(C(=O)C(C)(N)c2ccccc2)CC1.Cl. The van der Waals surface area contributed by atoms with Crippen LogP contribution in [0.25, 0.3) is 0 Å². The number of hydrogen-bond donors (Lipinski definition) is 1. The minimum absolute atomic E-state index is 0. The summed E-state index contributed by atoms with van der Waals surface area (Å²) >= 11 is 0. The molecule has 0 saturated carbocycles. The van der Waals surface area contributed by atoms with Gasteiger partial charge in [0.1, 0.15) is 5.54 Å². The van der Waals surface area contributed by atoms with Crippen molar-refractivity contribution in [2.45, 2.75) is 32.7 Å². The van der Waals surface area contributed by atoms with Crippen molar-refractivity contribution in [1.82, 2.24) is 9.80 Å². The fourth-order valence-electron chi connectivity index (χ4n) is 2.94. The number of nitrogens with two attached hydrogens (primary N) is 1. The lowest BCUT2D eigenvalue weighted by Crippen LogP contribution is -2.52. The largest absolute Gasteiger partial charge is 0.341 e.